The molecular formula is C8H19NO2. The second-order valence-electron chi connectivity index (χ2n) is 3.02. The van der Waals surface area contributed by atoms with Crippen molar-refractivity contribution in [3.05, 3.63) is 0 Å². The lowest BCUT2D eigenvalue weighted by molar-refractivity contribution is 0.185. The maximum atomic E-state index is 8.91. The zero-order chi connectivity index (χ0) is 8.69. The molecule has 11 heavy (non-hydrogen) atoms. The molecule has 0 bridgehead atoms. The molecule has 0 aliphatic heterocycles. The van der Waals surface area contributed by atoms with Gasteiger partial charge in [-0.15, -0.1) is 0 Å². The smallest absolute Gasteiger partial charge is 0.0636 e. The van der Waals surface area contributed by atoms with Crippen LogP contribution in [0, 0.1) is 0 Å². The van der Waals surface area contributed by atoms with Gasteiger partial charge in [0.1, 0.15) is 0 Å². The number of hydrogen-bond acceptors (Lipinski definition) is 3. The highest BCUT2D eigenvalue weighted by Gasteiger charge is 2.01. The van der Waals surface area contributed by atoms with Gasteiger partial charge in [-0.1, -0.05) is 0 Å². The first-order valence-corrected chi connectivity index (χ1v) is 4.19. The lowest BCUT2D eigenvalue weighted by Gasteiger charge is -2.13. The zero-order valence-corrected chi connectivity index (χ0v) is 7.38. The van der Waals surface area contributed by atoms with E-state index in [9.17, 15) is 0 Å². The van der Waals surface area contributed by atoms with Crippen LogP contribution < -0.4 is 5.32 Å². The quantitative estimate of drug-likeness (QED) is 0.518. The van der Waals surface area contributed by atoms with E-state index in [-0.39, 0.29) is 12.7 Å². The van der Waals surface area contributed by atoms with Crippen LogP contribution in [-0.2, 0) is 0 Å². The third-order valence-electron chi connectivity index (χ3n) is 1.56. The molecule has 0 rings (SSSR count). The highest BCUT2D eigenvalue weighted by atomic mass is 16.3. The molecule has 0 aromatic carbocycles. The van der Waals surface area contributed by atoms with Crippen LogP contribution in [0.5, 0.6) is 0 Å². The fourth-order valence-corrected chi connectivity index (χ4v) is 0.871. The van der Waals surface area contributed by atoms with Gasteiger partial charge in [-0.3, -0.25) is 0 Å². The van der Waals surface area contributed by atoms with E-state index in [1.54, 1.807) is 6.92 Å². The fraction of sp³-hybridized carbons (Fsp3) is 1.00. The van der Waals surface area contributed by atoms with Gasteiger partial charge in [0, 0.05) is 19.2 Å². The van der Waals surface area contributed by atoms with E-state index in [4.69, 9.17) is 10.2 Å². The molecule has 0 spiro atoms. The molecule has 3 N–H and O–H groups in total. The first-order valence-electron chi connectivity index (χ1n) is 4.19. The van der Waals surface area contributed by atoms with Gasteiger partial charge >= 0.3 is 0 Å². The van der Waals surface area contributed by atoms with Gasteiger partial charge in [0.2, 0.25) is 0 Å². The lowest BCUT2D eigenvalue weighted by Crippen LogP contribution is -2.32. The minimum Gasteiger partial charge on any atom is -0.396 e. The Labute approximate surface area is 68.4 Å². The summed E-state index contributed by atoms with van der Waals surface area (Å²) in [7, 11) is 0. The van der Waals surface area contributed by atoms with E-state index >= 15 is 0 Å². The summed E-state index contributed by atoms with van der Waals surface area (Å²) in [6, 6.07) is 0.386. The van der Waals surface area contributed by atoms with Gasteiger partial charge in [-0.25, -0.2) is 0 Å². The molecule has 2 atom stereocenters. The molecule has 1 unspecified atom stereocenters. The number of rotatable bonds is 6. The minimum atomic E-state index is -0.286. The number of aliphatic hydroxyl groups is 2. The van der Waals surface area contributed by atoms with Gasteiger partial charge in [0.25, 0.3) is 0 Å². The van der Waals surface area contributed by atoms with E-state index in [0.29, 0.717) is 12.6 Å². The number of hydrogen-bond donors (Lipinski definition) is 3. The summed E-state index contributed by atoms with van der Waals surface area (Å²) >= 11 is 0. The van der Waals surface area contributed by atoms with E-state index in [2.05, 4.69) is 12.2 Å². The Balaban J connectivity index is 3.15. The molecule has 0 heterocycles. The van der Waals surface area contributed by atoms with Crippen LogP contribution in [0.4, 0.5) is 0 Å². The first kappa shape index (κ1) is 10.9. The van der Waals surface area contributed by atoms with Crippen molar-refractivity contribution in [2.75, 3.05) is 13.2 Å². The van der Waals surface area contributed by atoms with Crippen LogP contribution in [0.25, 0.3) is 0 Å². The molecule has 0 aliphatic carbocycles. The summed E-state index contributed by atoms with van der Waals surface area (Å²) in [5.74, 6) is 0. The van der Waals surface area contributed by atoms with E-state index in [1.807, 2.05) is 0 Å². The fourth-order valence-electron chi connectivity index (χ4n) is 0.871. The largest absolute Gasteiger partial charge is 0.396 e. The third kappa shape index (κ3) is 7.78. The Bertz CT molecular complexity index is 86.2. The van der Waals surface area contributed by atoms with Crippen molar-refractivity contribution in [1.82, 2.24) is 5.32 Å². The average Bonchev–Trinajstić information content (AvgIpc) is 1.97. The van der Waals surface area contributed by atoms with Crippen molar-refractivity contribution in [3.8, 4) is 0 Å². The monoisotopic (exact) mass is 161 g/mol. The third-order valence-corrected chi connectivity index (χ3v) is 1.56. The van der Waals surface area contributed by atoms with Crippen molar-refractivity contribution in [2.24, 2.45) is 0 Å². The Hall–Kier alpha value is -0.120. The summed E-state index contributed by atoms with van der Waals surface area (Å²) < 4.78 is 0. The molecule has 0 radical (unpaired) electrons. The Kier molecular flexibility index (Phi) is 6.51. The average molecular weight is 161 g/mol. The van der Waals surface area contributed by atoms with Gasteiger partial charge < -0.3 is 15.5 Å². The molecule has 0 aromatic heterocycles. The molecule has 0 aliphatic rings. The van der Waals surface area contributed by atoms with Crippen molar-refractivity contribution in [3.63, 3.8) is 0 Å². The molecule has 0 saturated heterocycles. The van der Waals surface area contributed by atoms with Gasteiger partial charge in [0.05, 0.1) is 6.10 Å². The van der Waals surface area contributed by atoms with Crippen molar-refractivity contribution < 1.29 is 10.2 Å². The first-order chi connectivity index (χ1) is 5.16. The number of nitrogens with one attached hydrogen (secondary N) is 1. The van der Waals surface area contributed by atoms with E-state index in [1.165, 1.54) is 0 Å². The van der Waals surface area contributed by atoms with Crippen molar-refractivity contribution >= 4 is 0 Å². The standard InChI is InChI=1S/C8H19NO2/c1-7(4-3-5-10)9-6-8(2)11/h7-11H,3-6H2,1-2H3/t7?,8-/m1/s1. The van der Waals surface area contributed by atoms with Crippen LogP contribution in [0.3, 0.4) is 0 Å². The lowest BCUT2D eigenvalue weighted by atomic mass is 10.2. The maximum absolute atomic E-state index is 8.91. The van der Waals surface area contributed by atoms with Crippen LogP contribution in [0.1, 0.15) is 26.7 Å². The summed E-state index contributed by atoms with van der Waals surface area (Å²) in [4.78, 5) is 0. The Morgan fingerprint density at radius 1 is 1.36 bits per heavy atom. The second-order valence-corrected chi connectivity index (χ2v) is 3.02. The Morgan fingerprint density at radius 3 is 2.45 bits per heavy atom. The van der Waals surface area contributed by atoms with Crippen molar-refractivity contribution in [2.45, 2.75) is 38.8 Å². The SMILES string of the molecule is CC(CCCO)NC[C@@H](C)O. The summed E-state index contributed by atoms with van der Waals surface area (Å²) in [5, 5.41) is 20.6. The topological polar surface area (TPSA) is 52.5 Å². The van der Waals surface area contributed by atoms with Gasteiger partial charge in [0.15, 0.2) is 0 Å². The minimum absolute atomic E-state index is 0.251. The predicted molar refractivity (Wildman–Crippen MR) is 45.5 cm³/mol. The maximum Gasteiger partial charge on any atom is 0.0636 e. The van der Waals surface area contributed by atoms with Crippen LogP contribution in [0.15, 0.2) is 0 Å². The Morgan fingerprint density at radius 2 is 2.00 bits per heavy atom. The summed E-state index contributed by atoms with van der Waals surface area (Å²) in [6.07, 6.45) is 1.50. The van der Waals surface area contributed by atoms with Gasteiger partial charge in [-0.2, -0.15) is 0 Å². The van der Waals surface area contributed by atoms with E-state index in [0.717, 1.165) is 12.8 Å². The molecular weight excluding hydrogens is 142 g/mol. The van der Waals surface area contributed by atoms with Crippen LogP contribution in [-0.4, -0.2) is 35.5 Å². The van der Waals surface area contributed by atoms with E-state index < -0.39 is 0 Å². The zero-order valence-electron chi connectivity index (χ0n) is 7.38. The predicted octanol–water partition coefficient (Wildman–Crippen LogP) is 0.118. The normalized spacial score (nSPS) is 16.4. The van der Waals surface area contributed by atoms with Crippen LogP contribution in [0.2, 0.25) is 0 Å². The van der Waals surface area contributed by atoms with Gasteiger partial charge in [-0.05, 0) is 26.7 Å². The highest BCUT2D eigenvalue weighted by Crippen LogP contribution is 1.94. The number of aliphatic hydroxyl groups excluding tert-OH is 2. The summed E-state index contributed by atoms with van der Waals surface area (Å²) in [5.41, 5.74) is 0. The molecule has 0 aromatic rings. The summed E-state index contributed by atoms with van der Waals surface area (Å²) in [6.45, 7) is 4.69. The molecule has 68 valence electrons. The molecule has 3 nitrogen and oxygen atoms in total. The molecule has 0 fully saturated rings. The molecule has 0 saturated carbocycles. The van der Waals surface area contributed by atoms with Crippen LogP contribution >= 0.6 is 0 Å². The van der Waals surface area contributed by atoms with Crippen molar-refractivity contribution in [1.29, 1.82) is 0 Å². The molecule has 0 amide bonds. The second kappa shape index (κ2) is 6.58. The highest BCUT2D eigenvalue weighted by molar-refractivity contribution is 4.62. The molecule has 3 heteroatoms.